The van der Waals surface area contributed by atoms with E-state index in [2.05, 4.69) is 81.5 Å². The predicted molar refractivity (Wildman–Crippen MR) is 275 cm³/mol. The Hall–Kier alpha value is -2.89. The lowest BCUT2D eigenvalue weighted by Crippen LogP contribution is -2.30. The molecule has 1 unspecified atom stereocenters. The van der Waals surface area contributed by atoms with Crippen molar-refractivity contribution in [3.8, 4) is 0 Å². The van der Waals surface area contributed by atoms with Crippen molar-refractivity contribution in [3.05, 3.63) is 60.8 Å². The summed E-state index contributed by atoms with van der Waals surface area (Å²) < 4.78 is 16.8. The van der Waals surface area contributed by atoms with Crippen LogP contribution in [-0.2, 0) is 28.6 Å². The maximum atomic E-state index is 12.8. The van der Waals surface area contributed by atoms with Gasteiger partial charge in [0.25, 0.3) is 0 Å². The van der Waals surface area contributed by atoms with Crippen molar-refractivity contribution in [2.45, 2.75) is 277 Å². The molecule has 64 heavy (non-hydrogen) atoms. The van der Waals surface area contributed by atoms with E-state index in [1.807, 2.05) is 0 Å². The Labute approximate surface area is 396 Å². The van der Waals surface area contributed by atoms with Crippen LogP contribution in [0.2, 0.25) is 0 Å². The standard InChI is InChI=1S/C58H102O6/c1-4-7-10-13-16-19-21-23-25-27-28-29-30-31-33-34-36-39-42-45-48-51-57(60)63-54-55(53-62-56(59)50-47-44-41-38-18-15-12-9-6-3)64-58(61)52-49-46-43-40-37-35-32-26-24-22-20-17-14-11-8-5-2/h7,10,16,19,23,25-26,28-29,32,55H,4-6,8-9,11-15,17-18,20-22,24,27,30-31,33-54H2,1-3H3/b10-7-,19-16-,25-23-,29-28-,32-26-. The molecule has 0 fully saturated rings. The highest BCUT2D eigenvalue weighted by Crippen LogP contribution is 2.15. The van der Waals surface area contributed by atoms with Gasteiger partial charge in [0, 0.05) is 19.3 Å². The number of carbonyl (C=O) groups is 3. The van der Waals surface area contributed by atoms with Gasteiger partial charge in [-0.3, -0.25) is 14.4 Å². The largest absolute Gasteiger partial charge is 0.462 e. The number of hydrogen-bond acceptors (Lipinski definition) is 6. The molecule has 0 rings (SSSR count). The number of esters is 3. The molecule has 0 aromatic rings. The van der Waals surface area contributed by atoms with Gasteiger partial charge in [-0.1, -0.05) is 229 Å². The number of unbranched alkanes of at least 4 members (excludes halogenated alkanes) is 28. The van der Waals surface area contributed by atoms with Gasteiger partial charge in [0.1, 0.15) is 13.2 Å². The Balaban J connectivity index is 4.30. The van der Waals surface area contributed by atoms with Crippen LogP contribution in [0.1, 0.15) is 271 Å². The molecule has 0 amide bonds. The molecule has 0 aliphatic heterocycles. The average Bonchev–Trinajstić information content (AvgIpc) is 3.29. The number of hydrogen-bond donors (Lipinski definition) is 0. The van der Waals surface area contributed by atoms with Gasteiger partial charge in [0.15, 0.2) is 6.10 Å². The Morgan fingerprint density at radius 2 is 0.609 bits per heavy atom. The lowest BCUT2D eigenvalue weighted by atomic mass is 10.1. The topological polar surface area (TPSA) is 78.9 Å². The van der Waals surface area contributed by atoms with Crippen molar-refractivity contribution in [3.63, 3.8) is 0 Å². The normalized spacial score (nSPS) is 12.5. The SMILES string of the molecule is CC/C=C\C/C=C\C/C=C\C/C=C\CCCCCCCCCCC(=O)OCC(COC(=O)CCCCCCCCCCC)OC(=O)CCCCCCC/C=C\CCCCCCCCC. The van der Waals surface area contributed by atoms with Gasteiger partial charge in [0.05, 0.1) is 0 Å². The fourth-order valence-electron chi connectivity index (χ4n) is 7.66. The summed E-state index contributed by atoms with van der Waals surface area (Å²) in [6.45, 7) is 6.51. The van der Waals surface area contributed by atoms with Crippen LogP contribution in [0.5, 0.6) is 0 Å². The fraction of sp³-hybridized carbons (Fsp3) is 0.776. The van der Waals surface area contributed by atoms with E-state index in [-0.39, 0.29) is 31.1 Å². The number of rotatable bonds is 49. The summed E-state index contributed by atoms with van der Waals surface area (Å²) >= 11 is 0. The first-order valence-electron chi connectivity index (χ1n) is 27.3. The van der Waals surface area contributed by atoms with Crippen LogP contribution < -0.4 is 0 Å². The van der Waals surface area contributed by atoms with Gasteiger partial charge in [-0.25, -0.2) is 0 Å². The van der Waals surface area contributed by atoms with Gasteiger partial charge in [-0.05, 0) is 83.5 Å². The second-order valence-electron chi connectivity index (χ2n) is 18.1. The zero-order valence-corrected chi connectivity index (χ0v) is 42.3. The van der Waals surface area contributed by atoms with Gasteiger partial charge in [0.2, 0.25) is 0 Å². The maximum Gasteiger partial charge on any atom is 0.306 e. The van der Waals surface area contributed by atoms with Crippen molar-refractivity contribution in [2.75, 3.05) is 13.2 Å². The molecule has 0 N–H and O–H groups in total. The first-order chi connectivity index (χ1) is 31.5. The highest BCUT2D eigenvalue weighted by Gasteiger charge is 2.19. The Bertz CT molecular complexity index is 1170. The molecule has 0 bridgehead atoms. The molecule has 0 saturated heterocycles. The quantitative estimate of drug-likeness (QED) is 0.0262. The minimum absolute atomic E-state index is 0.0782. The Morgan fingerprint density at radius 3 is 0.969 bits per heavy atom. The third kappa shape index (κ3) is 50.1. The van der Waals surface area contributed by atoms with Crippen LogP contribution in [0.4, 0.5) is 0 Å². The highest BCUT2D eigenvalue weighted by atomic mass is 16.6. The van der Waals surface area contributed by atoms with Gasteiger partial charge in [-0.2, -0.15) is 0 Å². The van der Waals surface area contributed by atoms with Gasteiger partial charge < -0.3 is 14.2 Å². The molecule has 0 radical (unpaired) electrons. The lowest BCUT2D eigenvalue weighted by molar-refractivity contribution is -0.167. The van der Waals surface area contributed by atoms with Gasteiger partial charge in [-0.15, -0.1) is 0 Å². The van der Waals surface area contributed by atoms with Crippen LogP contribution in [0.25, 0.3) is 0 Å². The second-order valence-corrected chi connectivity index (χ2v) is 18.1. The summed E-state index contributed by atoms with van der Waals surface area (Å²) in [7, 11) is 0. The zero-order chi connectivity index (χ0) is 46.5. The number of carbonyl (C=O) groups excluding carboxylic acids is 3. The molecular weight excluding hydrogens is 793 g/mol. The number of ether oxygens (including phenoxy) is 3. The maximum absolute atomic E-state index is 12.8. The summed E-state index contributed by atoms with van der Waals surface area (Å²) in [5.41, 5.74) is 0. The van der Waals surface area contributed by atoms with Crippen LogP contribution >= 0.6 is 0 Å². The van der Waals surface area contributed by atoms with E-state index in [4.69, 9.17) is 14.2 Å². The molecule has 6 heteroatoms. The van der Waals surface area contributed by atoms with E-state index in [0.29, 0.717) is 19.3 Å². The van der Waals surface area contributed by atoms with Crippen molar-refractivity contribution in [1.82, 2.24) is 0 Å². The average molecular weight is 895 g/mol. The first-order valence-corrected chi connectivity index (χ1v) is 27.3. The van der Waals surface area contributed by atoms with E-state index in [1.165, 1.54) is 128 Å². The molecule has 6 nitrogen and oxygen atoms in total. The molecule has 0 spiro atoms. The summed E-state index contributed by atoms with van der Waals surface area (Å²) in [5.74, 6) is -0.890. The van der Waals surface area contributed by atoms with Gasteiger partial charge >= 0.3 is 17.9 Å². The molecule has 0 aliphatic rings. The first kappa shape index (κ1) is 61.1. The minimum atomic E-state index is -0.778. The third-order valence-electron chi connectivity index (χ3n) is 11.8. The smallest absolute Gasteiger partial charge is 0.306 e. The Morgan fingerprint density at radius 1 is 0.328 bits per heavy atom. The summed E-state index contributed by atoms with van der Waals surface area (Å²) in [4.78, 5) is 38.0. The van der Waals surface area contributed by atoms with Crippen LogP contribution in [0, 0.1) is 0 Å². The second kappa shape index (κ2) is 52.7. The summed E-state index contributed by atoms with van der Waals surface area (Å²) in [5, 5.41) is 0. The van der Waals surface area contributed by atoms with E-state index >= 15 is 0 Å². The number of allylic oxidation sites excluding steroid dienone is 10. The third-order valence-corrected chi connectivity index (χ3v) is 11.8. The van der Waals surface area contributed by atoms with Crippen molar-refractivity contribution < 1.29 is 28.6 Å². The van der Waals surface area contributed by atoms with Crippen LogP contribution in [0.3, 0.4) is 0 Å². The lowest BCUT2D eigenvalue weighted by Gasteiger charge is -2.18. The monoisotopic (exact) mass is 895 g/mol. The molecule has 1 atom stereocenters. The predicted octanol–water partition coefficient (Wildman–Crippen LogP) is 18.0. The molecule has 0 heterocycles. The van der Waals surface area contributed by atoms with Crippen LogP contribution in [-0.4, -0.2) is 37.2 Å². The van der Waals surface area contributed by atoms with E-state index < -0.39 is 6.10 Å². The molecule has 0 aromatic carbocycles. The minimum Gasteiger partial charge on any atom is -0.462 e. The van der Waals surface area contributed by atoms with Crippen molar-refractivity contribution in [1.29, 1.82) is 0 Å². The Kier molecular flexibility index (Phi) is 50.4. The van der Waals surface area contributed by atoms with Crippen LogP contribution in [0.15, 0.2) is 60.8 Å². The van der Waals surface area contributed by atoms with Crippen molar-refractivity contribution >= 4 is 17.9 Å². The van der Waals surface area contributed by atoms with E-state index in [1.54, 1.807) is 0 Å². The highest BCUT2D eigenvalue weighted by molar-refractivity contribution is 5.71. The summed E-state index contributed by atoms with van der Waals surface area (Å²) in [6.07, 6.45) is 65.0. The molecular formula is C58H102O6. The summed E-state index contributed by atoms with van der Waals surface area (Å²) in [6, 6.07) is 0. The van der Waals surface area contributed by atoms with E-state index in [0.717, 1.165) is 103 Å². The van der Waals surface area contributed by atoms with Crippen molar-refractivity contribution in [2.24, 2.45) is 0 Å². The fourth-order valence-corrected chi connectivity index (χ4v) is 7.66. The van der Waals surface area contributed by atoms with E-state index in [9.17, 15) is 14.4 Å². The molecule has 0 aliphatic carbocycles. The molecule has 0 saturated carbocycles. The zero-order valence-electron chi connectivity index (χ0n) is 42.3. The molecule has 370 valence electrons. The molecule has 0 aromatic heterocycles.